The van der Waals surface area contributed by atoms with Gasteiger partial charge in [-0.1, -0.05) is 12.1 Å². The number of nitrogens with zero attached hydrogens (tertiary/aromatic N) is 5. The van der Waals surface area contributed by atoms with Crippen molar-refractivity contribution in [2.45, 2.75) is 24.8 Å². The standard InChI is InChI=1S/C28H26F2N6O4S/c29-18-11-21(30)25(31-12-18)27(39)34-6-1-2-8-40-19-5-3-4-17(10-19)20-13-36(14-22(20)32-24(37)16-34)26(38)23-15-35-7-9-41-28(35)33-23/h3-5,7,9-12,15,20,22H,1-2,6,8,13-14,16H2,(H,32,37)/t20-,22+/m1/s1. The molecule has 5 heterocycles. The Morgan fingerprint density at radius 2 is 1.98 bits per heavy atom. The number of ether oxygens (including phenoxy) is 1. The van der Waals surface area contributed by atoms with Crippen molar-refractivity contribution in [1.29, 1.82) is 0 Å². The number of pyridine rings is 1. The van der Waals surface area contributed by atoms with Gasteiger partial charge in [-0.05, 0) is 30.5 Å². The van der Waals surface area contributed by atoms with E-state index in [4.69, 9.17) is 4.74 Å². The van der Waals surface area contributed by atoms with Gasteiger partial charge in [0.25, 0.3) is 11.8 Å². The van der Waals surface area contributed by atoms with E-state index in [1.54, 1.807) is 15.5 Å². The lowest BCUT2D eigenvalue weighted by Crippen LogP contribution is -2.47. The molecule has 2 aliphatic rings. The average molecular weight is 581 g/mol. The fourth-order valence-electron chi connectivity index (χ4n) is 5.28. The zero-order valence-corrected chi connectivity index (χ0v) is 22.7. The highest BCUT2D eigenvalue weighted by Crippen LogP contribution is 2.31. The number of carbonyl (C=O) groups excluding carboxylic acids is 3. The van der Waals surface area contributed by atoms with Gasteiger partial charge in [0.05, 0.1) is 25.4 Å². The lowest BCUT2D eigenvalue weighted by atomic mass is 9.94. The number of imidazole rings is 1. The zero-order valence-electron chi connectivity index (χ0n) is 21.8. The number of aromatic nitrogens is 3. The maximum Gasteiger partial charge on any atom is 0.275 e. The predicted molar refractivity (Wildman–Crippen MR) is 145 cm³/mol. The molecule has 2 atom stereocenters. The van der Waals surface area contributed by atoms with Crippen LogP contribution in [0.25, 0.3) is 4.96 Å². The van der Waals surface area contributed by atoms with Crippen LogP contribution in [-0.2, 0) is 4.79 Å². The molecule has 0 spiro atoms. The van der Waals surface area contributed by atoms with Crippen LogP contribution >= 0.6 is 11.3 Å². The van der Waals surface area contributed by atoms with Gasteiger partial charge in [0.1, 0.15) is 17.3 Å². The summed E-state index contributed by atoms with van der Waals surface area (Å²) in [5.74, 6) is -3.11. The van der Waals surface area contributed by atoms with Gasteiger partial charge < -0.3 is 19.9 Å². The van der Waals surface area contributed by atoms with E-state index < -0.39 is 35.2 Å². The quantitative estimate of drug-likeness (QED) is 0.391. The Morgan fingerprint density at radius 1 is 1.10 bits per heavy atom. The highest BCUT2D eigenvalue weighted by atomic mass is 32.1. The Hall–Kier alpha value is -4.39. The van der Waals surface area contributed by atoms with Crippen LogP contribution in [0.15, 0.2) is 54.3 Å². The van der Waals surface area contributed by atoms with E-state index in [0.717, 1.165) is 11.8 Å². The predicted octanol–water partition coefficient (Wildman–Crippen LogP) is 3.11. The summed E-state index contributed by atoms with van der Waals surface area (Å²) in [5.41, 5.74) is 0.662. The summed E-state index contributed by atoms with van der Waals surface area (Å²) in [6.07, 6.45) is 5.34. The van der Waals surface area contributed by atoms with Crippen molar-refractivity contribution < 1.29 is 27.9 Å². The molecule has 13 heteroatoms. The van der Waals surface area contributed by atoms with Crippen molar-refractivity contribution in [3.05, 3.63) is 82.9 Å². The molecule has 6 rings (SSSR count). The van der Waals surface area contributed by atoms with Crippen LogP contribution in [-0.4, -0.2) is 80.7 Å². The van der Waals surface area contributed by atoms with Crippen molar-refractivity contribution in [2.24, 2.45) is 0 Å². The summed E-state index contributed by atoms with van der Waals surface area (Å²) in [6, 6.07) is 7.71. The molecule has 41 heavy (non-hydrogen) atoms. The number of hydrogen-bond donors (Lipinski definition) is 1. The van der Waals surface area contributed by atoms with E-state index in [1.807, 2.05) is 35.8 Å². The normalized spacial score (nSPS) is 19.8. The number of benzene rings is 1. The van der Waals surface area contributed by atoms with E-state index in [-0.39, 0.29) is 31.5 Å². The van der Waals surface area contributed by atoms with E-state index >= 15 is 0 Å². The number of likely N-dealkylation sites (tertiary alicyclic amines) is 1. The largest absolute Gasteiger partial charge is 0.494 e. The highest BCUT2D eigenvalue weighted by Gasteiger charge is 2.38. The Balaban J connectivity index is 1.26. The molecule has 0 unspecified atom stereocenters. The zero-order chi connectivity index (χ0) is 28.5. The molecular formula is C28H26F2N6O4S. The molecule has 0 aliphatic carbocycles. The lowest BCUT2D eigenvalue weighted by molar-refractivity contribution is -0.122. The number of hydrogen-bond acceptors (Lipinski definition) is 7. The lowest BCUT2D eigenvalue weighted by Gasteiger charge is -2.25. The summed E-state index contributed by atoms with van der Waals surface area (Å²) in [4.78, 5) is 51.5. The van der Waals surface area contributed by atoms with E-state index in [9.17, 15) is 23.2 Å². The van der Waals surface area contributed by atoms with Crippen molar-refractivity contribution in [2.75, 3.05) is 32.8 Å². The van der Waals surface area contributed by atoms with Crippen molar-refractivity contribution in [3.63, 3.8) is 0 Å². The first-order valence-corrected chi connectivity index (χ1v) is 14.1. The molecule has 1 fully saturated rings. The summed E-state index contributed by atoms with van der Waals surface area (Å²) in [6.45, 7) is 0.730. The van der Waals surface area contributed by atoms with Gasteiger partial charge in [-0.25, -0.2) is 18.7 Å². The maximum atomic E-state index is 14.4. The van der Waals surface area contributed by atoms with Crippen LogP contribution in [0.2, 0.25) is 0 Å². The number of carbonyl (C=O) groups is 3. The summed E-state index contributed by atoms with van der Waals surface area (Å²) in [7, 11) is 0. The Morgan fingerprint density at radius 3 is 2.80 bits per heavy atom. The topological polar surface area (TPSA) is 109 Å². The van der Waals surface area contributed by atoms with Gasteiger partial charge in [0.15, 0.2) is 16.5 Å². The molecule has 0 saturated carbocycles. The first-order chi connectivity index (χ1) is 19.9. The first-order valence-electron chi connectivity index (χ1n) is 13.2. The SMILES string of the molecule is O=C1CN(C(=O)c2ncc(F)cc2F)CCCCOc2cccc(c2)[C@H]2CN(C(=O)c3cn4ccsc4n3)C[C@@H]2N1. The summed E-state index contributed by atoms with van der Waals surface area (Å²) in [5, 5.41) is 4.88. The second-order valence-corrected chi connectivity index (χ2v) is 10.9. The minimum atomic E-state index is -1.10. The maximum absolute atomic E-state index is 14.4. The molecular weight excluding hydrogens is 554 g/mol. The van der Waals surface area contributed by atoms with Crippen LogP contribution in [0.1, 0.15) is 45.3 Å². The number of fused-ring (bicyclic) bond motifs is 5. The van der Waals surface area contributed by atoms with Crippen molar-refractivity contribution in [3.8, 4) is 5.75 Å². The summed E-state index contributed by atoms with van der Waals surface area (Å²) < 4.78 is 35.5. The minimum absolute atomic E-state index is 0.143. The molecule has 2 bridgehead atoms. The number of amides is 3. The third-order valence-electron chi connectivity index (χ3n) is 7.28. The van der Waals surface area contributed by atoms with E-state index in [0.29, 0.717) is 48.5 Å². The Labute approximate surface area is 237 Å². The smallest absolute Gasteiger partial charge is 0.275 e. The highest BCUT2D eigenvalue weighted by molar-refractivity contribution is 7.15. The van der Waals surface area contributed by atoms with Gasteiger partial charge in [-0.3, -0.25) is 18.8 Å². The molecule has 212 valence electrons. The Kier molecular flexibility index (Phi) is 7.35. The van der Waals surface area contributed by atoms with Gasteiger partial charge in [-0.15, -0.1) is 11.3 Å². The number of thiazole rings is 1. The molecule has 4 aromatic rings. The number of rotatable bonds is 2. The third-order valence-corrected chi connectivity index (χ3v) is 8.05. The number of halogens is 2. The van der Waals surface area contributed by atoms with E-state index in [1.165, 1.54) is 16.2 Å². The van der Waals surface area contributed by atoms with Crippen molar-refractivity contribution >= 4 is 34.0 Å². The van der Waals surface area contributed by atoms with Crippen LogP contribution in [0.4, 0.5) is 8.78 Å². The Bertz CT molecular complexity index is 1600. The molecule has 1 aromatic carbocycles. The van der Waals surface area contributed by atoms with Gasteiger partial charge in [0.2, 0.25) is 5.91 Å². The monoisotopic (exact) mass is 580 g/mol. The molecule has 0 radical (unpaired) electrons. The number of nitrogens with one attached hydrogen (secondary N) is 1. The molecule has 3 aromatic heterocycles. The van der Waals surface area contributed by atoms with Gasteiger partial charge >= 0.3 is 0 Å². The van der Waals surface area contributed by atoms with Crippen LogP contribution in [0.3, 0.4) is 0 Å². The van der Waals surface area contributed by atoms with Crippen molar-refractivity contribution in [1.82, 2.24) is 29.5 Å². The molecule has 1 N–H and O–H groups in total. The third kappa shape index (κ3) is 5.62. The molecule has 1 saturated heterocycles. The van der Waals surface area contributed by atoms with Crippen LogP contribution < -0.4 is 10.1 Å². The average Bonchev–Trinajstić information content (AvgIpc) is 3.67. The second kappa shape index (κ2) is 11.2. The van der Waals surface area contributed by atoms with E-state index in [2.05, 4.69) is 15.3 Å². The molecule has 3 amide bonds. The van der Waals surface area contributed by atoms with Crippen LogP contribution in [0, 0.1) is 11.6 Å². The molecule has 10 nitrogen and oxygen atoms in total. The summed E-state index contributed by atoms with van der Waals surface area (Å²) >= 11 is 1.43. The first kappa shape index (κ1) is 26.8. The van der Waals surface area contributed by atoms with Crippen LogP contribution in [0.5, 0.6) is 5.75 Å². The fraction of sp³-hybridized carbons (Fsp3) is 0.321. The van der Waals surface area contributed by atoms with Gasteiger partial charge in [0, 0.05) is 49.4 Å². The second-order valence-electron chi connectivity index (χ2n) is 10.0. The van der Waals surface area contributed by atoms with Gasteiger partial charge in [-0.2, -0.15) is 0 Å². The minimum Gasteiger partial charge on any atom is -0.494 e. The fourth-order valence-corrected chi connectivity index (χ4v) is 5.98. The molecule has 2 aliphatic heterocycles.